The molecule has 0 unspecified atom stereocenters. The quantitative estimate of drug-likeness (QED) is 0.279. The second kappa shape index (κ2) is 19.0. The number of rotatable bonds is 6. The van der Waals surface area contributed by atoms with Crippen molar-refractivity contribution >= 4 is 29.2 Å². The highest BCUT2D eigenvalue weighted by Crippen LogP contribution is 2.33. The summed E-state index contributed by atoms with van der Waals surface area (Å²) in [4.78, 5) is 35.2. The van der Waals surface area contributed by atoms with E-state index in [2.05, 4.69) is 59.8 Å². The molecule has 2 aromatic rings. The first-order valence-corrected chi connectivity index (χ1v) is 15.0. The maximum absolute atomic E-state index is 10.6. The lowest BCUT2D eigenvalue weighted by Gasteiger charge is -2.34. The molecule has 0 radical (unpaired) electrons. The second-order valence-corrected chi connectivity index (χ2v) is 11.6. The third-order valence-corrected chi connectivity index (χ3v) is 7.33. The Morgan fingerprint density at radius 3 is 1.98 bits per heavy atom. The van der Waals surface area contributed by atoms with E-state index in [9.17, 15) is 39.5 Å². The number of nitrogens with zero attached hydrogens (tertiary/aromatic N) is 2. The molecule has 2 atom stereocenters. The highest BCUT2D eigenvalue weighted by atomic mass is 32.1. The molecular formula is C28H34F9N3O8S. The van der Waals surface area contributed by atoms with Gasteiger partial charge in [0.2, 0.25) is 0 Å². The van der Waals surface area contributed by atoms with E-state index in [0.29, 0.717) is 6.04 Å². The number of aromatic nitrogens is 1. The minimum absolute atomic E-state index is 0.134. The highest BCUT2D eigenvalue weighted by molar-refractivity contribution is 7.13. The largest absolute Gasteiger partial charge is 0.490 e. The summed E-state index contributed by atoms with van der Waals surface area (Å²) in [6, 6.07) is 11.0. The van der Waals surface area contributed by atoms with Gasteiger partial charge in [0.15, 0.2) is 0 Å². The van der Waals surface area contributed by atoms with Crippen LogP contribution in [0.4, 0.5) is 39.5 Å². The Morgan fingerprint density at radius 2 is 1.51 bits per heavy atom. The standard InChI is InChI=1S/C22H31N3O2S.3C2HF3O2/c1-17(2)25-10-11-26-16-22(15-25)9-8-19(27-22)14-23-13-18-5-3-6-20(24-18)21-7-4-12-28-21;3*3-2(4,5)1(6)7/h3-7,12,17,19,23H,8-11,13-16H2,1-2H3;3*(H,6,7)/t19-,22-;;;/m1.../s1. The molecule has 0 aliphatic carbocycles. The molecule has 0 saturated carbocycles. The van der Waals surface area contributed by atoms with Crippen molar-refractivity contribution in [3.8, 4) is 10.6 Å². The average Bonchev–Trinajstić information content (AvgIpc) is 3.60. The molecule has 4 N–H and O–H groups in total. The molecular weight excluding hydrogens is 709 g/mol. The number of halogens is 9. The Morgan fingerprint density at radius 1 is 0.959 bits per heavy atom. The molecule has 11 nitrogen and oxygen atoms in total. The average molecular weight is 744 g/mol. The van der Waals surface area contributed by atoms with Gasteiger partial charge in [0.25, 0.3) is 0 Å². The summed E-state index contributed by atoms with van der Waals surface area (Å²) < 4.78 is 108. The van der Waals surface area contributed by atoms with E-state index in [4.69, 9.17) is 44.2 Å². The maximum Gasteiger partial charge on any atom is 0.490 e. The fourth-order valence-corrected chi connectivity index (χ4v) is 4.83. The van der Waals surface area contributed by atoms with Crippen molar-refractivity contribution in [1.29, 1.82) is 0 Å². The van der Waals surface area contributed by atoms with Gasteiger partial charge in [0.05, 0.1) is 35.6 Å². The summed E-state index contributed by atoms with van der Waals surface area (Å²) in [6.07, 6.45) is -12.8. The third-order valence-electron chi connectivity index (χ3n) is 6.43. The monoisotopic (exact) mass is 743 g/mol. The fourth-order valence-electron chi connectivity index (χ4n) is 4.14. The lowest BCUT2D eigenvalue weighted by atomic mass is 9.99. The Kier molecular flexibility index (Phi) is 16.9. The first-order valence-electron chi connectivity index (χ1n) is 14.1. The fraction of sp³-hybridized carbons (Fsp3) is 0.571. The molecule has 2 fully saturated rings. The number of carboxylic acid groups (broad SMARTS) is 3. The first kappa shape index (κ1) is 43.5. The maximum atomic E-state index is 10.6. The van der Waals surface area contributed by atoms with Crippen LogP contribution in [0.1, 0.15) is 32.4 Å². The number of ether oxygens (including phenoxy) is 2. The van der Waals surface area contributed by atoms with Crippen LogP contribution < -0.4 is 5.32 Å². The summed E-state index contributed by atoms with van der Waals surface area (Å²) in [6.45, 7) is 9.63. The molecule has 4 rings (SSSR count). The summed E-state index contributed by atoms with van der Waals surface area (Å²) in [5.41, 5.74) is 1.99. The minimum Gasteiger partial charge on any atom is -0.475 e. The van der Waals surface area contributed by atoms with Crippen LogP contribution in [-0.4, -0.2) is 112 Å². The number of hydrogen-bond donors (Lipinski definition) is 4. The molecule has 2 aromatic heterocycles. The zero-order chi connectivity index (χ0) is 37.6. The van der Waals surface area contributed by atoms with Gasteiger partial charge >= 0.3 is 36.4 Å². The van der Waals surface area contributed by atoms with Crippen molar-refractivity contribution in [3.63, 3.8) is 0 Å². The molecule has 2 aliphatic heterocycles. The predicted molar refractivity (Wildman–Crippen MR) is 155 cm³/mol. The zero-order valence-electron chi connectivity index (χ0n) is 25.9. The smallest absolute Gasteiger partial charge is 0.475 e. The predicted octanol–water partition coefficient (Wildman–Crippen LogP) is 5.46. The molecule has 0 bridgehead atoms. The second-order valence-electron chi connectivity index (χ2n) is 10.6. The van der Waals surface area contributed by atoms with Gasteiger partial charge in [-0.3, -0.25) is 9.88 Å². The van der Waals surface area contributed by atoms with E-state index in [0.717, 1.165) is 63.6 Å². The summed E-state index contributed by atoms with van der Waals surface area (Å²) in [5, 5.41) is 27.0. The number of thiophene rings is 1. The van der Waals surface area contributed by atoms with Crippen LogP contribution in [0, 0.1) is 0 Å². The number of carboxylic acids is 3. The first-order chi connectivity index (χ1) is 22.5. The van der Waals surface area contributed by atoms with Crippen LogP contribution in [0.25, 0.3) is 10.6 Å². The number of alkyl halides is 9. The van der Waals surface area contributed by atoms with Crippen molar-refractivity contribution in [2.24, 2.45) is 0 Å². The van der Waals surface area contributed by atoms with Crippen LogP contribution >= 0.6 is 11.3 Å². The normalized spacial score (nSPS) is 19.8. The minimum atomic E-state index is -5.08. The Labute approximate surface area is 277 Å². The lowest BCUT2D eigenvalue weighted by Crippen LogP contribution is -2.47. The number of pyridine rings is 1. The third kappa shape index (κ3) is 16.6. The molecule has 2 saturated heterocycles. The zero-order valence-corrected chi connectivity index (χ0v) is 26.7. The van der Waals surface area contributed by atoms with Crippen molar-refractivity contribution in [1.82, 2.24) is 15.2 Å². The van der Waals surface area contributed by atoms with Crippen LogP contribution in [0.2, 0.25) is 0 Å². The van der Waals surface area contributed by atoms with E-state index in [1.165, 1.54) is 4.88 Å². The topological polar surface area (TPSA) is 159 Å². The molecule has 4 heterocycles. The van der Waals surface area contributed by atoms with Gasteiger partial charge < -0.3 is 30.1 Å². The van der Waals surface area contributed by atoms with Crippen molar-refractivity contribution in [3.05, 3.63) is 41.4 Å². The van der Waals surface area contributed by atoms with Crippen molar-refractivity contribution in [2.45, 2.75) is 69.5 Å². The van der Waals surface area contributed by atoms with Crippen LogP contribution in [0.5, 0.6) is 0 Å². The summed E-state index contributed by atoms with van der Waals surface area (Å²) >= 11 is 1.73. The Hall–Kier alpha value is -3.53. The van der Waals surface area contributed by atoms with E-state index in [-0.39, 0.29) is 11.7 Å². The molecule has 1 spiro atoms. The van der Waals surface area contributed by atoms with Crippen LogP contribution in [0.15, 0.2) is 35.7 Å². The molecule has 0 aromatic carbocycles. The van der Waals surface area contributed by atoms with Gasteiger partial charge in [-0.1, -0.05) is 12.1 Å². The van der Waals surface area contributed by atoms with Crippen LogP contribution in [-0.2, 0) is 30.4 Å². The lowest BCUT2D eigenvalue weighted by molar-refractivity contribution is -0.193. The number of carbonyl (C=O) groups is 3. The van der Waals surface area contributed by atoms with Gasteiger partial charge in [-0.15, -0.1) is 11.3 Å². The van der Waals surface area contributed by atoms with E-state index >= 15 is 0 Å². The summed E-state index contributed by atoms with van der Waals surface area (Å²) in [7, 11) is 0. The molecule has 278 valence electrons. The highest BCUT2D eigenvalue weighted by Gasteiger charge is 2.43. The molecule has 0 amide bonds. The number of hydrogen-bond acceptors (Lipinski definition) is 9. The van der Waals surface area contributed by atoms with Gasteiger partial charge in [0, 0.05) is 32.2 Å². The molecule has 21 heteroatoms. The number of nitrogens with one attached hydrogen (secondary N) is 1. The van der Waals surface area contributed by atoms with E-state index in [1.807, 2.05) is 0 Å². The van der Waals surface area contributed by atoms with Gasteiger partial charge in [-0.25, -0.2) is 14.4 Å². The van der Waals surface area contributed by atoms with Crippen molar-refractivity contribution < 1.29 is 78.7 Å². The number of aliphatic carboxylic acids is 3. The molecule has 2 aliphatic rings. The molecule has 49 heavy (non-hydrogen) atoms. The van der Waals surface area contributed by atoms with E-state index < -0.39 is 36.4 Å². The van der Waals surface area contributed by atoms with E-state index in [1.54, 1.807) is 11.3 Å². The Bertz CT molecular complexity index is 1270. The Balaban J connectivity index is 0.000000467. The van der Waals surface area contributed by atoms with Crippen molar-refractivity contribution in [2.75, 3.05) is 32.8 Å². The van der Waals surface area contributed by atoms with Gasteiger partial charge in [-0.05, 0) is 50.3 Å². The van der Waals surface area contributed by atoms with Crippen LogP contribution in [0.3, 0.4) is 0 Å². The van der Waals surface area contributed by atoms with Gasteiger partial charge in [0.1, 0.15) is 5.60 Å². The van der Waals surface area contributed by atoms with Gasteiger partial charge in [-0.2, -0.15) is 39.5 Å². The summed E-state index contributed by atoms with van der Waals surface area (Å²) in [5.74, 6) is -8.27. The SMILES string of the molecule is CC(C)N1CCOC[C@@]2(CC[C@H](CNCc3cccc(-c4cccs4)n3)O2)C1.O=C(O)C(F)(F)F.O=C(O)C(F)(F)F.O=C(O)C(F)(F)F.